The second-order valence-corrected chi connectivity index (χ2v) is 4.05. The molecule has 3 N–H and O–H groups in total. The van der Waals surface area contributed by atoms with Crippen LogP contribution in [0.5, 0.6) is 0 Å². The fourth-order valence-electron chi connectivity index (χ4n) is 1.98. The van der Waals surface area contributed by atoms with Crippen molar-refractivity contribution in [3.63, 3.8) is 0 Å². The number of carbonyl (C=O) groups excluding carboxylic acids is 2. The Labute approximate surface area is 116 Å². The van der Waals surface area contributed by atoms with Crippen LogP contribution in [0.25, 0.3) is 0 Å². The number of hydrogen-bond acceptors (Lipinski definition) is 3. The molecule has 0 saturated carbocycles. The maximum absolute atomic E-state index is 13.6. The van der Waals surface area contributed by atoms with Crippen molar-refractivity contribution in [3.8, 4) is 0 Å². The van der Waals surface area contributed by atoms with E-state index in [1.165, 1.54) is 11.0 Å². The number of hydrogen-bond donors (Lipinski definition) is 2. The van der Waals surface area contributed by atoms with Crippen molar-refractivity contribution < 1.29 is 14.0 Å². The Morgan fingerprint density at radius 1 is 1.47 bits per heavy atom. The van der Waals surface area contributed by atoms with Crippen LogP contribution in [0.4, 0.5) is 10.1 Å². The standard InChI is InChI=1S/C12H14FN3O2.ClH/c13-8-3-1-2-4-10(8)16-6-5-9(12(16)18)15-11(17)7-14;/h1-4,9H,5-7,14H2,(H,15,17);1H. The van der Waals surface area contributed by atoms with Gasteiger partial charge in [0.1, 0.15) is 11.9 Å². The Kier molecular flexibility index (Phi) is 5.26. The number of nitrogens with one attached hydrogen (secondary N) is 1. The predicted octanol–water partition coefficient (Wildman–Crippen LogP) is 0.428. The van der Waals surface area contributed by atoms with Crippen molar-refractivity contribution in [2.75, 3.05) is 18.0 Å². The van der Waals surface area contributed by atoms with Crippen LogP contribution in [-0.2, 0) is 9.59 Å². The van der Waals surface area contributed by atoms with Crippen molar-refractivity contribution in [3.05, 3.63) is 30.1 Å². The largest absolute Gasteiger partial charge is 0.343 e. The number of halogens is 2. The molecule has 0 radical (unpaired) electrons. The highest BCUT2D eigenvalue weighted by Gasteiger charge is 2.34. The molecule has 0 aromatic heterocycles. The van der Waals surface area contributed by atoms with Crippen LogP contribution in [0.2, 0.25) is 0 Å². The molecular formula is C12H15ClFN3O2. The molecule has 1 aliphatic heterocycles. The van der Waals surface area contributed by atoms with E-state index >= 15 is 0 Å². The molecule has 2 amide bonds. The van der Waals surface area contributed by atoms with Crippen LogP contribution >= 0.6 is 12.4 Å². The van der Waals surface area contributed by atoms with E-state index in [1.54, 1.807) is 18.2 Å². The van der Waals surface area contributed by atoms with E-state index in [9.17, 15) is 14.0 Å². The number of para-hydroxylation sites is 1. The molecule has 7 heteroatoms. The Bertz CT molecular complexity index is 484. The Hall–Kier alpha value is -1.66. The van der Waals surface area contributed by atoms with Crippen LogP contribution < -0.4 is 16.0 Å². The number of anilines is 1. The monoisotopic (exact) mass is 287 g/mol. The Morgan fingerprint density at radius 2 is 2.16 bits per heavy atom. The lowest BCUT2D eigenvalue weighted by Gasteiger charge is -2.17. The second-order valence-electron chi connectivity index (χ2n) is 4.05. The smallest absolute Gasteiger partial charge is 0.249 e. The number of nitrogens with two attached hydrogens (primary N) is 1. The molecule has 1 aliphatic rings. The molecule has 104 valence electrons. The predicted molar refractivity (Wildman–Crippen MR) is 71.6 cm³/mol. The van der Waals surface area contributed by atoms with Crippen LogP contribution in [-0.4, -0.2) is 30.9 Å². The number of carbonyl (C=O) groups is 2. The first-order chi connectivity index (χ1) is 8.63. The van der Waals surface area contributed by atoms with Gasteiger partial charge in [-0.15, -0.1) is 12.4 Å². The highest BCUT2D eigenvalue weighted by molar-refractivity contribution is 6.01. The third-order valence-corrected chi connectivity index (χ3v) is 2.87. The summed E-state index contributed by atoms with van der Waals surface area (Å²) in [5, 5.41) is 2.52. The molecular weight excluding hydrogens is 273 g/mol. The van der Waals surface area contributed by atoms with Crippen LogP contribution in [0.15, 0.2) is 24.3 Å². The molecule has 1 heterocycles. The van der Waals surface area contributed by atoms with Gasteiger partial charge in [-0.1, -0.05) is 12.1 Å². The van der Waals surface area contributed by atoms with Gasteiger partial charge in [-0.05, 0) is 18.6 Å². The molecule has 1 aromatic carbocycles. The number of rotatable bonds is 3. The molecule has 1 aromatic rings. The zero-order valence-electron chi connectivity index (χ0n) is 10.1. The van der Waals surface area contributed by atoms with Crippen molar-refractivity contribution in [1.29, 1.82) is 0 Å². The molecule has 1 saturated heterocycles. The number of benzene rings is 1. The van der Waals surface area contributed by atoms with Gasteiger partial charge in [-0.3, -0.25) is 9.59 Å². The summed E-state index contributed by atoms with van der Waals surface area (Å²) in [6.45, 7) is 0.221. The first-order valence-corrected chi connectivity index (χ1v) is 5.69. The third-order valence-electron chi connectivity index (χ3n) is 2.87. The van der Waals surface area contributed by atoms with E-state index in [-0.39, 0.29) is 36.5 Å². The average Bonchev–Trinajstić information content (AvgIpc) is 2.72. The van der Waals surface area contributed by atoms with Crippen molar-refractivity contribution in [2.45, 2.75) is 12.5 Å². The zero-order valence-corrected chi connectivity index (χ0v) is 11.0. The number of nitrogens with zero attached hydrogens (tertiary/aromatic N) is 1. The summed E-state index contributed by atoms with van der Waals surface area (Å²) in [4.78, 5) is 24.5. The van der Waals surface area contributed by atoms with E-state index in [2.05, 4.69) is 5.32 Å². The summed E-state index contributed by atoms with van der Waals surface area (Å²) in [6, 6.07) is 5.46. The molecule has 2 rings (SSSR count). The van der Waals surface area contributed by atoms with Crippen LogP contribution in [0.1, 0.15) is 6.42 Å². The van der Waals surface area contributed by atoms with Crippen LogP contribution in [0.3, 0.4) is 0 Å². The van der Waals surface area contributed by atoms with Crippen molar-refractivity contribution >= 4 is 29.9 Å². The Morgan fingerprint density at radius 3 is 2.79 bits per heavy atom. The van der Waals surface area contributed by atoms with E-state index < -0.39 is 11.9 Å². The fraction of sp³-hybridized carbons (Fsp3) is 0.333. The minimum absolute atomic E-state index is 0. The molecule has 1 unspecified atom stereocenters. The van der Waals surface area contributed by atoms with Gasteiger partial charge in [0.05, 0.1) is 12.2 Å². The van der Waals surface area contributed by atoms with E-state index in [0.717, 1.165) is 0 Å². The maximum atomic E-state index is 13.6. The summed E-state index contributed by atoms with van der Waals surface area (Å²) in [5.41, 5.74) is 5.41. The zero-order chi connectivity index (χ0) is 13.1. The summed E-state index contributed by atoms with van der Waals surface area (Å²) in [7, 11) is 0. The molecule has 5 nitrogen and oxygen atoms in total. The first-order valence-electron chi connectivity index (χ1n) is 5.69. The van der Waals surface area contributed by atoms with Gasteiger partial charge < -0.3 is 16.0 Å². The Balaban J connectivity index is 0.00000180. The quantitative estimate of drug-likeness (QED) is 0.846. The van der Waals surface area contributed by atoms with E-state index in [4.69, 9.17) is 5.73 Å². The lowest BCUT2D eigenvalue weighted by Crippen LogP contribution is -2.44. The summed E-state index contributed by atoms with van der Waals surface area (Å²) in [5.74, 6) is -1.14. The third kappa shape index (κ3) is 3.21. The maximum Gasteiger partial charge on any atom is 0.249 e. The highest BCUT2D eigenvalue weighted by atomic mass is 35.5. The summed E-state index contributed by atoms with van der Waals surface area (Å²) < 4.78 is 13.6. The van der Waals surface area contributed by atoms with Gasteiger partial charge in [0.25, 0.3) is 0 Å². The highest BCUT2D eigenvalue weighted by Crippen LogP contribution is 2.24. The van der Waals surface area contributed by atoms with E-state index in [0.29, 0.717) is 13.0 Å². The van der Waals surface area contributed by atoms with Gasteiger partial charge in [0.15, 0.2) is 0 Å². The summed E-state index contributed by atoms with van der Waals surface area (Å²) in [6.07, 6.45) is 0.457. The fourth-order valence-corrected chi connectivity index (χ4v) is 1.98. The molecule has 0 bridgehead atoms. The lowest BCUT2D eigenvalue weighted by atomic mass is 10.2. The van der Waals surface area contributed by atoms with Gasteiger partial charge in [-0.2, -0.15) is 0 Å². The minimum atomic E-state index is -0.611. The van der Waals surface area contributed by atoms with Gasteiger partial charge in [0, 0.05) is 6.54 Å². The van der Waals surface area contributed by atoms with Crippen LogP contribution in [0, 0.1) is 5.82 Å². The van der Waals surface area contributed by atoms with Gasteiger partial charge in [-0.25, -0.2) is 4.39 Å². The first kappa shape index (κ1) is 15.4. The normalized spacial score (nSPS) is 18.1. The second kappa shape index (κ2) is 6.49. The molecule has 0 spiro atoms. The minimum Gasteiger partial charge on any atom is -0.343 e. The van der Waals surface area contributed by atoms with E-state index in [1.807, 2.05) is 0 Å². The SMILES string of the molecule is Cl.NCC(=O)NC1CCN(c2ccccc2F)C1=O. The summed E-state index contributed by atoms with van der Waals surface area (Å²) >= 11 is 0. The lowest BCUT2D eigenvalue weighted by molar-refractivity contribution is -0.125. The number of amides is 2. The molecule has 0 aliphatic carbocycles. The average molecular weight is 288 g/mol. The van der Waals surface area contributed by atoms with Gasteiger partial charge >= 0.3 is 0 Å². The molecule has 1 fully saturated rings. The van der Waals surface area contributed by atoms with Gasteiger partial charge in [0.2, 0.25) is 11.8 Å². The van der Waals surface area contributed by atoms with Crippen molar-refractivity contribution in [2.24, 2.45) is 5.73 Å². The molecule has 1 atom stereocenters. The topological polar surface area (TPSA) is 75.4 Å². The van der Waals surface area contributed by atoms with Crippen molar-refractivity contribution in [1.82, 2.24) is 5.32 Å². The molecule has 19 heavy (non-hydrogen) atoms.